The maximum atomic E-state index is 10.8. The third-order valence-corrected chi connectivity index (χ3v) is 1.33. The Hall–Kier alpha value is -1.10. The number of carbonyl (C=O) groups is 2. The van der Waals surface area contributed by atoms with Crippen molar-refractivity contribution < 1.29 is 19.4 Å². The molecule has 0 aliphatic heterocycles. The summed E-state index contributed by atoms with van der Waals surface area (Å²) in [6, 6.07) is 0. The number of amides is 1. The van der Waals surface area contributed by atoms with Crippen molar-refractivity contribution in [2.75, 3.05) is 19.8 Å². The first-order valence-corrected chi connectivity index (χ1v) is 4.24. The molecule has 0 rings (SSSR count). The zero-order valence-electron chi connectivity index (χ0n) is 7.71. The second kappa shape index (κ2) is 7.54. The summed E-state index contributed by atoms with van der Waals surface area (Å²) in [7, 11) is 0. The van der Waals surface area contributed by atoms with Crippen molar-refractivity contribution in [2.45, 2.75) is 19.8 Å². The molecule has 0 bridgehead atoms. The van der Waals surface area contributed by atoms with E-state index in [4.69, 9.17) is 5.11 Å². The van der Waals surface area contributed by atoms with Crippen LogP contribution in [0.2, 0.25) is 0 Å². The van der Waals surface area contributed by atoms with Crippen LogP contribution in [0.3, 0.4) is 0 Å². The molecular weight excluding hydrogens is 174 g/mol. The number of hydrogen-bond acceptors (Lipinski definition) is 4. The molecule has 5 heteroatoms. The van der Waals surface area contributed by atoms with E-state index < -0.39 is 12.5 Å². The van der Waals surface area contributed by atoms with E-state index in [2.05, 4.69) is 10.1 Å². The third kappa shape index (κ3) is 7.27. The van der Waals surface area contributed by atoms with E-state index in [1.165, 1.54) is 0 Å². The van der Waals surface area contributed by atoms with Crippen LogP contribution in [0.5, 0.6) is 0 Å². The standard InChI is InChI=1S/C8H15NO4/c1-2-13-8(12)4-3-5-9-7(11)6-10/h10H,2-6H2,1H3,(H,9,11). The average Bonchev–Trinajstić information content (AvgIpc) is 2.12. The van der Waals surface area contributed by atoms with Crippen LogP contribution < -0.4 is 5.32 Å². The number of esters is 1. The highest BCUT2D eigenvalue weighted by Gasteiger charge is 2.01. The molecule has 0 aliphatic rings. The summed E-state index contributed by atoms with van der Waals surface area (Å²) in [4.78, 5) is 21.3. The Morgan fingerprint density at radius 1 is 1.46 bits per heavy atom. The second-order valence-corrected chi connectivity index (χ2v) is 2.42. The molecule has 0 unspecified atom stereocenters. The van der Waals surface area contributed by atoms with Gasteiger partial charge in [0.25, 0.3) is 0 Å². The minimum absolute atomic E-state index is 0.263. The van der Waals surface area contributed by atoms with Crippen LogP contribution in [-0.2, 0) is 14.3 Å². The molecule has 0 saturated carbocycles. The normalized spacial score (nSPS) is 9.38. The van der Waals surface area contributed by atoms with Gasteiger partial charge < -0.3 is 15.2 Å². The zero-order chi connectivity index (χ0) is 10.1. The van der Waals surface area contributed by atoms with Gasteiger partial charge in [-0.1, -0.05) is 0 Å². The lowest BCUT2D eigenvalue weighted by molar-refractivity contribution is -0.143. The maximum Gasteiger partial charge on any atom is 0.305 e. The topological polar surface area (TPSA) is 75.6 Å². The highest BCUT2D eigenvalue weighted by Crippen LogP contribution is 1.90. The molecular formula is C8H15NO4. The van der Waals surface area contributed by atoms with Gasteiger partial charge in [0.15, 0.2) is 0 Å². The van der Waals surface area contributed by atoms with Gasteiger partial charge in [-0.15, -0.1) is 0 Å². The minimum Gasteiger partial charge on any atom is -0.466 e. The van der Waals surface area contributed by atoms with Crippen LogP contribution in [0.15, 0.2) is 0 Å². The van der Waals surface area contributed by atoms with Crippen LogP contribution in [-0.4, -0.2) is 36.7 Å². The Balaban J connectivity index is 3.25. The summed E-state index contributed by atoms with van der Waals surface area (Å²) >= 11 is 0. The number of ether oxygens (including phenoxy) is 1. The molecule has 0 aliphatic carbocycles. The van der Waals surface area contributed by atoms with E-state index in [0.29, 0.717) is 26.0 Å². The lowest BCUT2D eigenvalue weighted by Gasteiger charge is -2.02. The van der Waals surface area contributed by atoms with Gasteiger partial charge in [0.05, 0.1) is 6.61 Å². The van der Waals surface area contributed by atoms with E-state index in [-0.39, 0.29) is 5.97 Å². The third-order valence-electron chi connectivity index (χ3n) is 1.33. The molecule has 1 amide bonds. The maximum absolute atomic E-state index is 10.8. The molecule has 2 N–H and O–H groups in total. The Morgan fingerprint density at radius 3 is 2.69 bits per heavy atom. The summed E-state index contributed by atoms with van der Waals surface area (Å²) in [5.74, 6) is -0.690. The van der Waals surface area contributed by atoms with Crippen molar-refractivity contribution >= 4 is 11.9 Å². The van der Waals surface area contributed by atoms with Gasteiger partial charge in [-0.3, -0.25) is 9.59 Å². The van der Waals surface area contributed by atoms with Crippen LogP contribution in [0.4, 0.5) is 0 Å². The van der Waals surface area contributed by atoms with E-state index >= 15 is 0 Å². The van der Waals surface area contributed by atoms with E-state index in [9.17, 15) is 9.59 Å². The van der Waals surface area contributed by atoms with E-state index in [1.807, 2.05) is 0 Å². The number of aliphatic hydroxyl groups is 1. The molecule has 0 heterocycles. The van der Waals surface area contributed by atoms with Crippen molar-refractivity contribution in [3.63, 3.8) is 0 Å². The molecule has 0 atom stereocenters. The Kier molecular flexibility index (Phi) is 6.91. The van der Waals surface area contributed by atoms with E-state index in [1.54, 1.807) is 6.92 Å². The van der Waals surface area contributed by atoms with Gasteiger partial charge in [0.2, 0.25) is 5.91 Å². The van der Waals surface area contributed by atoms with Crippen molar-refractivity contribution in [1.29, 1.82) is 0 Å². The SMILES string of the molecule is CCOC(=O)CCCNC(=O)CO. The fourth-order valence-corrected chi connectivity index (χ4v) is 0.750. The van der Waals surface area contributed by atoms with Gasteiger partial charge in [0.1, 0.15) is 6.61 Å². The lowest BCUT2D eigenvalue weighted by Crippen LogP contribution is -2.27. The molecule has 0 spiro atoms. The molecule has 76 valence electrons. The first kappa shape index (κ1) is 11.9. The summed E-state index contributed by atoms with van der Waals surface area (Å²) < 4.78 is 4.67. The Labute approximate surface area is 77.1 Å². The molecule has 13 heavy (non-hydrogen) atoms. The number of carbonyl (C=O) groups excluding carboxylic acids is 2. The van der Waals surface area contributed by atoms with Gasteiger partial charge in [-0.05, 0) is 13.3 Å². The molecule has 0 radical (unpaired) electrons. The summed E-state index contributed by atoms with van der Waals surface area (Å²) in [6.45, 7) is 1.99. The molecule has 0 aromatic rings. The van der Waals surface area contributed by atoms with Crippen molar-refractivity contribution in [3.05, 3.63) is 0 Å². The van der Waals surface area contributed by atoms with Crippen LogP contribution >= 0.6 is 0 Å². The fourth-order valence-electron chi connectivity index (χ4n) is 0.750. The van der Waals surface area contributed by atoms with Gasteiger partial charge in [-0.2, -0.15) is 0 Å². The van der Waals surface area contributed by atoms with Crippen LogP contribution in [0, 0.1) is 0 Å². The molecule has 0 saturated heterocycles. The lowest BCUT2D eigenvalue weighted by atomic mass is 10.3. The number of hydrogen-bond donors (Lipinski definition) is 2. The van der Waals surface area contributed by atoms with Crippen molar-refractivity contribution in [3.8, 4) is 0 Å². The summed E-state index contributed by atoms with van der Waals surface area (Å²) in [5.41, 5.74) is 0. The highest BCUT2D eigenvalue weighted by molar-refractivity contribution is 5.76. The predicted molar refractivity (Wildman–Crippen MR) is 46.0 cm³/mol. The molecule has 0 aromatic carbocycles. The number of rotatable bonds is 6. The first-order valence-electron chi connectivity index (χ1n) is 4.24. The molecule has 0 fully saturated rings. The summed E-state index contributed by atoms with van der Waals surface area (Å²) in [6.07, 6.45) is 0.824. The van der Waals surface area contributed by atoms with Gasteiger partial charge in [-0.25, -0.2) is 0 Å². The molecule has 0 aromatic heterocycles. The van der Waals surface area contributed by atoms with E-state index in [0.717, 1.165) is 0 Å². The smallest absolute Gasteiger partial charge is 0.305 e. The van der Waals surface area contributed by atoms with Crippen molar-refractivity contribution in [2.24, 2.45) is 0 Å². The monoisotopic (exact) mass is 189 g/mol. The zero-order valence-corrected chi connectivity index (χ0v) is 7.71. The first-order chi connectivity index (χ1) is 6.20. The largest absolute Gasteiger partial charge is 0.466 e. The van der Waals surface area contributed by atoms with Crippen LogP contribution in [0.1, 0.15) is 19.8 Å². The van der Waals surface area contributed by atoms with Crippen molar-refractivity contribution in [1.82, 2.24) is 5.32 Å². The molecule has 5 nitrogen and oxygen atoms in total. The van der Waals surface area contributed by atoms with Gasteiger partial charge >= 0.3 is 5.97 Å². The quantitative estimate of drug-likeness (QED) is 0.433. The predicted octanol–water partition coefficient (Wildman–Crippen LogP) is -0.562. The number of nitrogens with one attached hydrogen (secondary N) is 1. The van der Waals surface area contributed by atoms with Crippen LogP contribution in [0.25, 0.3) is 0 Å². The number of aliphatic hydroxyl groups excluding tert-OH is 1. The average molecular weight is 189 g/mol. The van der Waals surface area contributed by atoms with Gasteiger partial charge in [0, 0.05) is 13.0 Å². The minimum atomic E-state index is -0.514. The summed E-state index contributed by atoms with van der Waals surface area (Å²) in [5, 5.41) is 10.8. The second-order valence-electron chi connectivity index (χ2n) is 2.42. The Morgan fingerprint density at radius 2 is 2.15 bits per heavy atom. The highest BCUT2D eigenvalue weighted by atomic mass is 16.5. The Bertz CT molecular complexity index is 170. The fraction of sp³-hybridized carbons (Fsp3) is 0.750.